The highest BCUT2D eigenvalue weighted by Crippen LogP contribution is 2.53. The SMILES string of the molecule is CC.CC1(C)c2ccccc2N(c2ccc(C3=NC(c4ccccc4)=CC(c4ccccc4)N3)cc2)c2cc3c4ccccc4n(-c4ccccc4)c3cc21. The first-order chi connectivity index (χ1) is 27.0. The van der Waals surface area contributed by atoms with Gasteiger partial charge in [-0.2, -0.15) is 0 Å². The maximum absolute atomic E-state index is 5.17. The van der Waals surface area contributed by atoms with Gasteiger partial charge in [0.2, 0.25) is 0 Å². The van der Waals surface area contributed by atoms with E-state index in [1.165, 1.54) is 55.6 Å². The molecule has 0 spiro atoms. The van der Waals surface area contributed by atoms with Gasteiger partial charge in [-0.15, -0.1) is 0 Å². The summed E-state index contributed by atoms with van der Waals surface area (Å²) in [4.78, 5) is 7.62. The number of hydrogen-bond acceptors (Lipinski definition) is 3. The summed E-state index contributed by atoms with van der Waals surface area (Å²) in [6.45, 7) is 8.72. The van der Waals surface area contributed by atoms with Gasteiger partial charge < -0.3 is 14.8 Å². The molecule has 0 amide bonds. The van der Waals surface area contributed by atoms with Crippen LogP contribution in [-0.4, -0.2) is 10.4 Å². The maximum atomic E-state index is 5.17. The van der Waals surface area contributed by atoms with Gasteiger partial charge in [-0.25, -0.2) is 4.99 Å². The number of aromatic nitrogens is 1. The Morgan fingerprint density at radius 3 is 1.91 bits per heavy atom. The van der Waals surface area contributed by atoms with Gasteiger partial charge in [-0.05, 0) is 89.0 Å². The van der Waals surface area contributed by atoms with Crippen molar-refractivity contribution in [2.75, 3.05) is 4.90 Å². The van der Waals surface area contributed by atoms with Gasteiger partial charge in [0.05, 0.1) is 34.1 Å². The van der Waals surface area contributed by atoms with Crippen molar-refractivity contribution in [1.29, 1.82) is 0 Å². The minimum atomic E-state index is -0.220. The van der Waals surface area contributed by atoms with Crippen molar-refractivity contribution in [3.8, 4) is 5.69 Å². The lowest BCUT2D eigenvalue weighted by molar-refractivity contribution is 0.632. The topological polar surface area (TPSA) is 32.6 Å². The predicted octanol–water partition coefficient (Wildman–Crippen LogP) is 13.1. The van der Waals surface area contributed by atoms with Crippen molar-refractivity contribution < 1.29 is 0 Å². The predicted molar refractivity (Wildman–Crippen MR) is 232 cm³/mol. The van der Waals surface area contributed by atoms with Crippen molar-refractivity contribution in [3.63, 3.8) is 0 Å². The van der Waals surface area contributed by atoms with Gasteiger partial charge in [0.15, 0.2) is 0 Å². The quantitative estimate of drug-likeness (QED) is 0.193. The Morgan fingerprint density at radius 2 is 1.16 bits per heavy atom. The summed E-state index contributed by atoms with van der Waals surface area (Å²) < 4.78 is 2.42. The third-order valence-corrected chi connectivity index (χ3v) is 11.0. The Balaban J connectivity index is 0.00000195. The number of amidine groups is 1. The molecule has 0 saturated heterocycles. The number of nitrogens with zero attached hydrogens (tertiary/aromatic N) is 3. The molecule has 0 radical (unpaired) electrons. The van der Waals surface area contributed by atoms with Gasteiger partial charge in [0.1, 0.15) is 5.84 Å². The lowest BCUT2D eigenvalue weighted by Crippen LogP contribution is -2.31. The van der Waals surface area contributed by atoms with Crippen molar-refractivity contribution in [2.45, 2.75) is 39.2 Å². The molecular weight excluding hydrogens is 669 g/mol. The van der Waals surface area contributed by atoms with Crippen LogP contribution >= 0.6 is 0 Å². The number of aliphatic imine (C=N–C) groups is 1. The van der Waals surface area contributed by atoms with Crippen molar-refractivity contribution >= 4 is 50.4 Å². The smallest absolute Gasteiger partial charge is 0.134 e. The number of benzene rings is 7. The molecule has 0 aliphatic carbocycles. The van der Waals surface area contributed by atoms with E-state index in [1.807, 2.05) is 19.9 Å². The molecular formula is C51H44N4. The Labute approximate surface area is 323 Å². The van der Waals surface area contributed by atoms with E-state index in [0.717, 1.165) is 28.3 Å². The summed E-state index contributed by atoms with van der Waals surface area (Å²) in [5.41, 5.74) is 13.8. The molecule has 7 aromatic carbocycles. The standard InChI is InChI=1S/C49H38N4.C2H6/c1-49(2)40-23-13-15-25-45(40)53(47-30-39-38-22-12-14-24-44(38)52(46(39)31-41(47)49)36-20-10-5-11-21-36)37-28-26-35(27-29-37)48-50-42(33-16-6-3-7-17-33)32-43(51-48)34-18-8-4-9-19-34;1-2/h3-32,42H,1-2H3,(H,50,51);1-2H3. The van der Waals surface area contributed by atoms with Crippen molar-refractivity contribution in [1.82, 2.24) is 9.88 Å². The van der Waals surface area contributed by atoms with Gasteiger partial charge in [0, 0.05) is 33.1 Å². The summed E-state index contributed by atoms with van der Waals surface area (Å²) >= 11 is 0. The summed E-state index contributed by atoms with van der Waals surface area (Å²) in [5.74, 6) is 0.864. The lowest BCUT2D eigenvalue weighted by atomic mass is 9.73. The second-order valence-corrected chi connectivity index (χ2v) is 14.5. The van der Waals surface area contributed by atoms with Gasteiger partial charge in [-0.3, -0.25) is 0 Å². The summed E-state index contributed by atoms with van der Waals surface area (Å²) in [7, 11) is 0. The molecule has 4 nitrogen and oxygen atoms in total. The fraction of sp³-hybridized carbons (Fsp3) is 0.118. The van der Waals surface area contributed by atoms with Gasteiger partial charge in [0.25, 0.3) is 0 Å². The molecule has 55 heavy (non-hydrogen) atoms. The minimum absolute atomic E-state index is 0.00193. The van der Waals surface area contributed by atoms with Gasteiger partial charge >= 0.3 is 0 Å². The average molecular weight is 713 g/mol. The fourth-order valence-electron chi connectivity index (χ4n) is 8.36. The number of rotatable bonds is 5. The van der Waals surface area contributed by atoms with E-state index in [4.69, 9.17) is 4.99 Å². The molecule has 2 aliphatic heterocycles. The van der Waals surface area contributed by atoms with Crippen LogP contribution in [-0.2, 0) is 5.41 Å². The molecule has 0 saturated carbocycles. The first kappa shape index (κ1) is 34.1. The van der Waals surface area contributed by atoms with E-state index in [1.54, 1.807) is 0 Å². The summed E-state index contributed by atoms with van der Waals surface area (Å²) in [6, 6.07) is 63.2. The molecule has 1 atom stereocenters. The molecule has 3 heterocycles. The highest BCUT2D eigenvalue weighted by atomic mass is 15.2. The number of para-hydroxylation sites is 3. The molecule has 0 fully saturated rings. The van der Waals surface area contributed by atoms with Crippen LogP contribution < -0.4 is 10.2 Å². The summed E-state index contributed by atoms with van der Waals surface area (Å²) in [5, 5.41) is 6.23. The second kappa shape index (κ2) is 14.0. The number of hydrogen-bond donors (Lipinski definition) is 1. The monoisotopic (exact) mass is 712 g/mol. The zero-order valence-corrected chi connectivity index (χ0v) is 31.7. The molecule has 2 aliphatic rings. The first-order valence-electron chi connectivity index (χ1n) is 19.4. The largest absolute Gasteiger partial charge is 0.359 e. The Kier molecular flexibility index (Phi) is 8.67. The highest BCUT2D eigenvalue weighted by Gasteiger charge is 2.38. The van der Waals surface area contributed by atoms with Crippen LogP contribution in [0.15, 0.2) is 187 Å². The van der Waals surface area contributed by atoms with Crippen LogP contribution in [0.1, 0.15) is 61.6 Å². The molecule has 268 valence electrons. The Bertz CT molecular complexity index is 2700. The van der Waals surface area contributed by atoms with E-state index in [2.05, 4.69) is 205 Å². The van der Waals surface area contributed by atoms with E-state index in [-0.39, 0.29) is 11.5 Å². The van der Waals surface area contributed by atoms with Gasteiger partial charge in [-0.1, -0.05) is 143 Å². The number of nitrogens with one attached hydrogen (secondary N) is 1. The second-order valence-electron chi connectivity index (χ2n) is 14.5. The maximum Gasteiger partial charge on any atom is 0.134 e. The van der Waals surface area contributed by atoms with Crippen LogP contribution in [0, 0.1) is 0 Å². The third-order valence-electron chi connectivity index (χ3n) is 11.0. The lowest BCUT2D eigenvalue weighted by Gasteiger charge is -2.42. The summed E-state index contributed by atoms with van der Waals surface area (Å²) in [6.07, 6.45) is 2.22. The zero-order valence-electron chi connectivity index (χ0n) is 31.7. The van der Waals surface area contributed by atoms with E-state index >= 15 is 0 Å². The Morgan fingerprint density at radius 1 is 0.527 bits per heavy atom. The normalized spacial score (nSPS) is 15.6. The average Bonchev–Trinajstić information content (AvgIpc) is 3.58. The van der Waals surface area contributed by atoms with E-state index in [9.17, 15) is 0 Å². The highest BCUT2D eigenvalue weighted by molar-refractivity contribution is 6.12. The number of anilines is 3. The van der Waals surface area contributed by atoms with Crippen LogP contribution in [0.5, 0.6) is 0 Å². The molecule has 4 heteroatoms. The fourth-order valence-corrected chi connectivity index (χ4v) is 8.36. The zero-order chi connectivity index (χ0) is 37.5. The van der Waals surface area contributed by atoms with E-state index in [0.29, 0.717) is 0 Å². The van der Waals surface area contributed by atoms with E-state index < -0.39 is 0 Å². The molecule has 1 aromatic heterocycles. The Hall–Kier alpha value is -6.65. The molecule has 0 bridgehead atoms. The molecule has 1 N–H and O–H groups in total. The molecule has 1 unspecified atom stereocenters. The number of fused-ring (bicyclic) bond motifs is 5. The van der Waals surface area contributed by atoms with Crippen molar-refractivity contribution in [3.05, 3.63) is 210 Å². The minimum Gasteiger partial charge on any atom is -0.359 e. The van der Waals surface area contributed by atoms with Crippen LogP contribution in [0.3, 0.4) is 0 Å². The molecule has 8 aromatic rings. The first-order valence-corrected chi connectivity index (χ1v) is 19.4. The molecule has 10 rings (SSSR count). The van der Waals surface area contributed by atoms with Crippen LogP contribution in [0.2, 0.25) is 0 Å². The van der Waals surface area contributed by atoms with Crippen LogP contribution in [0.4, 0.5) is 17.1 Å². The van der Waals surface area contributed by atoms with Crippen molar-refractivity contribution in [2.24, 2.45) is 4.99 Å². The van der Waals surface area contributed by atoms with Crippen LogP contribution in [0.25, 0.3) is 33.2 Å². The third kappa shape index (κ3) is 5.82.